The number of hydrogen-bond donors (Lipinski definition) is 1. The largest absolute Gasteiger partial charge is 0.486 e. The first kappa shape index (κ1) is 16.0. The fraction of sp³-hybridized carbons (Fsp3) is 0.381. The van der Waals surface area contributed by atoms with Gasteiger partial charge in [-0.3, -0.25) is 4.79 Å². The number of aryl methyl sites for hydroxylation is 2. The lowest BCUT2D eigenvalue weighted by Gasteiger charge is -2.21. The predicted octanol–water partition coefficient (Wildman–Crippen LogP) is 3.83. The van der Waals surface area contributed by atoms with Gasteiger partial charge < -0.3 is 14.8 Å². The molecule has 4 nitrogen and oxygen atoms in total. The average Bonchev–Trinajstić information content (AvgIpc) is 2.67. The molecule has 0 saturated heterocycles. The van der Waals surface area contributed by atoms with Crippen molar-refractivity contribution in [3.8, 4) is 11.5 Å². The summed E-state index contributed by atoms with van der Waals surface area (Å²) in [6.45, 7) is 3.10. The first-order valence-corrected chi connectivity index (χ1v) is 9.03. The van der Waals surface area contributed by atoms with E-state index in [-0.39, 0.29) is 11.9 Å². The highest BCUT2D eigenvalue weighted by Crippen LogP contribution is 2.31. The number of nitrogens with one attached hydrogen (secondary N) is 1. The van der Waals surface area contributed by atoms with E-state index in [4.69, 9.17) is 9.47 Å². The number of benzene rings is 2. The van der Waals surface area contributed by atoms with Crippen LogP contribution in [-0.4, -0.2) is 19.1 Å². The highest BCUT2D eigenvalue weighted by atomic mass is 16.6. The molecule has 1 aliphatic carbocycles. The summed E-state index contributed by atoms with van der Waals surface area (Å²) in [7, 11) is 0. The van der Waals surface area contributed by atoms with Crippen LogP contribution < -0.4 is 14.8 Å². The quantitative estimate of drug-likeness (QED) is 0.926. The third-order valence-electron chi connectivity index (χ3n) is 5.02. The Morgan fingerprint density at radius 1 is 0.960 bits per heavy atom. The molecule has 4 rings (SSSR count). The zero-order valence-corrected chi connectivity index (χ0v) is 14.5. The lowest BCUT2D eigenvalue weighted by Crippen LogP contribution is -2.27. The Hall–Kier alpha value is -2.49. The van der Waals surface area contributed by atoms with E-state index < -0.39 is 0 Å². The van der Waals surface area contributed by atoms with Crippen LogP contribution in [0.3, 0.4) is 0 Å². The second-order valence-corrected chi connectivity index (χ2v) is 6.79. The van der Waals surface area contributed by atoms with Crippen molar-refractivity contribution in [3.63, 3.8) is 0 Å². The molecule has 25 heavy (non-hydrogen) atoms. The highest BCUT2D eigenvalue weighted by Gasteiger charge is 2.18. The van der Waals surface area contributed by atoms with E-state index in [0.29, 0.717) is 30.3 Å². The number of carbonyl (C=O) groups is 1. The molecule has 1 atom stereocenters. The molecule has 1 N–H and O–H groups in total. The predicted molar refractivity (Wildman–Crippen MR) is 96.4 cm³/mol. The molecule has 1 heterocycles. The highest BCUT2D eigenvalue weighted by molar-refractivity contribution is 5.95. The molecule has 0 aromatic heterocycles. The SMILES string of the molecule is C[C@H](NC(=O)c1ccc2c(c1)OCCO2)c1ccc2c(c1)CCCC2. The van der Waals surface area contributed by atoms with Gasteiger partial charge in [0.15, 0.2) is 11.5 Å². The molecule has 0 saturated carbocycles. The maximum absolute atomic E-state index is 12.6. The molecule has 1 amide bonds. The molecule has 130 valence electrons. The van der Waals surface area contributed by atoms with Crippen LogP contribution in [-0.2, 0) is 12.8 Å². The van der Waals surface area contributed by atoms with Crippen molar-refractivity contribution in [2.75, 3.05) is 13.2 Å². The molecule has 2 aromatic carbocycles. The second-order valence-electron chi connectivity index (χ2n) is 6.79. The van der Waals surface area contributed by atoms with Gasteiger partial charge in [0.25, 0.3) is 5.91 Å². The van der Waals surface area contributed by atoms with Gasteiger partial charge in [0.05, 0.1) is 6.04 Å². The Bertz CT molecular complexity index is 800. The van der Waals surface area contributed by atoms with E-state index >= 15 is 0 Å². The van der Waals surface area contributed by atoms with Crippen molar-refractivity contribution >= 4 is 5.91 Å². The van der Waals surface area contributed by atoms with Crippen LogP contribution in [0.5, 0.6) is 11.5 Å². The number of hydrogen-bond acceptors (Lipinski definition) is 3. The number of ether oxygens (including phenoxy) is 2. The number of amides is 1. The third kappa shape index (κ3) is 3.34. The molecular weight excluding hydrogens is 314 g/mol. The first-order chi connectivity index (χ1) is 12.2. The lowest BCUT2D eigenvalue weighted by molar-refractivity contribution is 0.0938. The van der Waals surface area contributed by atoms with E-state index in [1.54, 1.807) is 18.2 Å². The molecule has 0 fully saturated rings. The van der Waals surface area contributed by atoms with Crippen LogP contribution in [0.4, 0.5) is 0 Å². The van der Waals surface area contributed by atoms with E-state index in [0.717, 1.165) is 12.0 Å². The second kappa shape index (κ2) is 6.79. The number of rotatable bonds is 3. The Kier molecular flexibility index (Phi) is 4.35. The molecule has 0 bridgehead atoms. The average molecular weight is 337 g/mol. The summed E-state index contributed by atoms with van der Waals surface area (Å²) >= 11 is 0. The molecule has 4 heteroatoms. The third-order valence-corrected chi connectivity index (χ3v) is 5.02. The fourth-order valence-corrected chi connectivity index (χ4v) is 3.57. The van der Waals surface area contributed by atoms with Gasteiger partial charge in [0, 0.05) is 5.56 Å². The molecule has 0 unspecified atom stereocenters. The standard InChI is InChI=1S/C21H23NO3/c1-14(16-7-6-15-4-2-3-5-17(15)12-16)22-21(23)18-8-9-19-20(13-18)25-11-10-24-19/h6-9,12-14H,2-5,10-11H2,1H3,(H,22,23)/t14-/m0/s1. The normalized spacial score (nSPS) is 16.7. The Morgan fingerprint density at radius 2 is 1.72 bits per heavy atom. The van der Waals surface area contributed by atoms with Crippen molar-refractivity contribution in [1.29, 1.82) is 0 Å². The molecule has 0 radical (unpaired) electrons. The fourth-order valence-electron chi connectivity index (χ4n) is 3.57. The minimum absolute atomic E-state index is 0.0343. The van der Waals surface area contributed by atoms with Gasteiger partial charge in [-0.1, -0.05) is 18.2 Å². The van der Waals surface area contributed by atoms with Crippen LogP contribution in [0.15, 0.2) is 36.4 Å². The van der Waals surface area contributed by atoms with Gasteiger partial charge in [-0.2, -0.15) is 0 Å². The van der Waals surface area contributed by atoms with Gasteiger partial charge in [0.1, 0.15) is 13.2 Å². The van der Waals surface area contributed by atoms with Gasteiger partial charge in [-0.05, 0) is 67.5 Å². The minimum atomic E-state index is -0.0952. The van der Waals surface area contributed by atoms with E-state index in [9.17, 15) is 4.79 Å². The van der Waals surface area contributed by atoms with Gasteiger partial charge in [-0.25, -0.2) is 0 Å². The van der Waals surface area contributed by atoms with E-state index in [1.807, 2.05) is 6.92 Å². The van der Waals surface area contributed by atoms with Crippen molar-refractivity contribution in [1.82, 2.24) is 5.32 Å². The van der Waals surface area contributed by atoms with Crippen LogP contribution >= 0.6 is 0 Å². The van der Waals surface area contributed by atoms with E-state index in [2.05, 4.69) is 23.5 Å². The molecule has 0 spiro atoms. The zero-order chi connectivity index (χ0) is 17.2. The Morgan fingerprint density at radius 3 is 2.56 bits per heavy atom. The number of carbonyl (C=O) groups excluding carboxylic acids is 1. The Balaban J connectivity index is 1.48. The van der Waals surface area contributed by atoms with Crippen molar-refractivity contribution in [2.24, 2.45) is 0 Å². The summed E-state index contributed by atoms with van der Waals surface area (Å²) in [6.07, 6.45) is 4.86. The number of fused-ring (bicyclic) bond motifs is 2. The van der Waals surface area contributed by atoms with Crippen LogP contribution in [0.1, 0.15) is 52.9 Å². The summed E-state index contributed by atoms with van der Waals surface area (Å²) in [4.78, 5) is 12.6. The molecule has 1 aliphatic heterocycles. The van der Waals surface area contributed by atoms with Gasteiger partial charge in [0.2, 0.25) is 0 Å². The molecule has 2 aliphatic rings. The summed E-state index contributed by atoms with van der Waals surface area (Å²) in [5.41, 5.74) is 4.64. The van der Waals surface area contributed by atoms with Crippen molar-refractivity contribution < 1.29 is 14.3 Å². The monoisotopic (exact) mass is 337 g/mol. The van der Waals surface area contributed by atoms with Gasteiger partial charge >= 0.3 is 0 Å². The summed E-state index contributed by atoms with van der Waals surface area (Å²) in [6, 6.07) is 11.9. The van der Waals surface area contributed by atoms with Gasteiger partial charge in [-0.15, -0.1) is 0 Å². The lowest BCUT2D eigenvalue weighted by atomic mass is 9.89. The smallest absolute Gasteiger partial charge is 0.251 e. The van der Waals surface area contributed by atoms with Crippen LogP contribution in [0.2, 0.25) is 0 Å². The zero-order valence-electron chi connectivity index (χ0n) is 14.5. The topological polar surface area (TPSA) is 47.6 Å². The summed E-state index contributed by atoms with van der Waals surface area (Å²) in [5, 5.41) is 3.09. The van der Waals surface area contributed by atoms with Crippen LogP contribution in [0, 0.1) is 0 Å². The summed E-state index contributed by atoms with van der Waals surface area (Å²) in [5.74, 6) is 1.24. The maximum atomic E-state index is 12.6. The van der Waals surface area contributed by atoms with E-state index in [1.165, 1.54) is 30.4 Å². The molecule has 2 aromatic rings. The molecular formula is C21H23NO3. The Labute approximate surface area is 148 Å². The van der Waals surface area contributed by atoms with Crippen LogP contribution in [0.25, 0.3) is 0 Å². The van der Waals surface area contributed by atoms with Crippen molar-refractivity contribution in [2.45, 2.75) is 38.6 Å². The summed E-state index contributed by atoms with van der Waals surface area (Å²) < 4.78 is 11.1. The maximum Gasteiger partial charge on any atom is 0.251 e. The minimum Gasteiger partial charge on any atom is -0.486 e. The first-order valence-electron chi connectivity index (χ1n) is 9.03. The van der Waals surface area contributed by atoms with Crippen molar-refractivity contribution in [3.05, 3.63) is 58.7 Å².